The Morgan fingerprint density at radius 3 is 2.77 bits per heavy atom. The normalized spacial score (nSPS) is 28.4. The lowest BCUT2D eigenvalue weighted by Gasteiger charge is -2.31. The van der Waals surface area contributed by atoms with E-state index in [1.165, 1.54) is 31.3 Å². The summed E-state index contributed by atoms with van der Waals surface area (Å²) in [6, 6.07) is 0. The van der Waals surface area contributed by atoms with Crippen LogP contribution >= 0.6 is 0 Å². The Bertz CT molecular complexity index is 184. The topological polar surface area (TPSA) is 17.1 Å². The summed E-state index contributed by atoms with van der Waals surface area (Å²) in [5, 5.41) is 0. The van der Waals surface area contributed by atoms with Gasteiger partial charge < -0.3 is 4.79 Å². The molecule has 13 heavy (non-hydrogen) atoms. The van der Waals surface area contributed by atoms with E-state index < -0.39 is 0 Å². The number of allylic oxidation sites excluding steroid dienone is 1. The van der Waals surface area contributed by atoms with E-state index in [0.29, 0.717) is 5.92 Å². The van der Waals surface area contributed by atoms with E-state index in [1.54, 1.807) is 0 Å². The SMILES string of the molecule is C=C(C)[C@H]1CCCC[C@@H]1CCC=O. The van der Waals surface area contributed by atoms with Gasteiger partial charge in [0.05, 0.1) is 0 Å². The molecule has 1 saturated carbocycles. The van der Waals surface area contributed by atoms with E-state index in [4.69, 9.17) is 0 Å². The van der Waals surface area contributed by atoms with Gasteiger partial charge in [-0.05, 0) is 38.0 Å². The van der Waals surface area contributed by atoms with Crippen molar-refractivity contribution in [1.29, 1.82) is 0 Å². The molecule has 0 N–H and O–H groups in total. The lowest BCUT2D eigenvalue weighted by molar-refractivity contribution is -0.108. The van der Waals surface area contributed by atoms with Gasteiger partial charge in [-0.15, -0.1) is 0 Å². The van der Waals surface area contributed by atoms with Gasteiger partial charge in [-0.1, -0.05) is 25.0 Å². The van der Waals surface area contributed by atoms with Crippen LogP contribution in [0, 0.1) is 11.8 Å². The van der Waals surface area contributed by atoms with Crippen molar-refractivity contribution in [2.45, 2.75) is 45.4 Å². The fourth-order valence-electron chi connectivity index (χ4n) is 2.48. The van der Waals surface area contributed by atoms with Crippen molar-refractivity contribution >= 4 is 6.29 Å². The molecule has 0 bridgehead atoms. The van der Waals surface area contributed by atoms with Crippen LogP contribution in [0.25, 0.3) is 0 Å². The number of hydrogen-bond acceptors (Lipinski definition) is 1. The number of carbonyl (C=O) groups excluding carboxylic acids is 1. The average molecular weight is 180 g/mol. The second-order valence-corrected chi connectivity index (χ2v) is 4.24. The Labute approximate surface area is 81.2 Å². The van der Waals surface area contributed by atoms with E-state index in [9.17, 15) is 4.79 Å². The number of hydrogen-bond donors (Lipinski definition) is 0. The first-order valence-corrected chi connectivity index (χ1v) is 5.34. The smallest absolute Gasteiger partial charge is 0.120 e. The van der Waals surface area contributed by atoms with Crippen molar-refractivity contribution in [2.75, 3.05) is 0 Å². The van der Waals surface area contributed by atoms with Crippen molar-refractivity contribution in [3.05, 3.63) is 12.2 Å². The van der Waals surface area contributed by atoms with Gasteiger partial charge in [0.15, 0.2) is 0 Å². The van der Waals surface area contributed by atoms with Gasteiger partial charge in [-0.25, -0.2) is 0 Å². The van der Waals surface area contributed by atoms with Crippen LogP contribution in [0.2, 0.25) is 0 Å². The number of carbonyl (C=O) groups is 1. The quantitative estimate of drug-likeness (QED) is 0.479. The van der Waals surface area contributed by atoms with E-state index in [2.05, 4.69) is 13.5 Å². The molecule has 0 heterocycles. The Hall–Kier alpha value is -0.590. The zero-order valence-electron chi connectivity index (χ0n) is 8.59. The van der Waals surface area contributed by atoms with Crippen LogP contribution in [0.15, 0.2) is 12.2 Å². The summed E-state index contributed by atoms with van der Waals surface area (Å²) < 4.78 is 0. The maximum Gasteiger partial charge on any atom is 0.120 e. The number of rotatable bonds is 4. The third kappa shape index (κ3) is 2.98. The van der Waals surface area contributed by atoms with Crippen molar-refractivity contribution in [3.63, 3.8) is 0 Å². The first-order valence-electron chi connectivity index (χ1n) is 5.34. The fourth-order valence-corrected chi connectivity index (χ4v) is 2.48. The van der Waals surface area contributed by atoms with E-state index in [-0.39, 0.29) is 0 Å². The molecular weight excluding hydrogens is 160 g/mol. The van der Waals surface area contributed by atoms with Gasteiger partial charge in [-0.3, -0.25) is 0 Å². The molecule has 0 unspecified atom stereocenters. The molecule has 0 radical (unpaired) electrons. The van der Waals surface area contributed by atoms with Crippen molar-refractivity contribution in [2.24, 2.45) is 11.8 Å². The minimum absolute atomic E-state index is 0.689. The Morgan fingerprint density at radius 2 is 2.15 bits per heavy atom. The molecule has 1 heteroatoms. The van der Waals surface area contributed by atoms with Gasteiger partial charge >= 0.3 is 0 Å². The predicted molar refractivity (Wildman–Crippen MR) is 55.6 cm³/mol. The molecule has 0 aromatic rings. The molecule has 0 aliphatic heterocycles. The second kappa shape index (κ2) is 5.21. The molecule has 1 aliphatic rings. The van der Waals surface area contributed by atoms with Crippen LogP contribution < -0.4 is 0 Å². The highest BCUT2D eigenvalue weighted by Gasteiger charge is 2.24. The Morgan fingerprint density at radius 1 is 1.46 bits per heavy atom. The molecule has 2 atom stereocenters. The van der Waals surface area contributed by atoms with Crippen LogP contribution in [0.1, 0.15) is 45.4 Å². The zero-order chi connectivity index (χ0) is 9.68. The molecule has 1 nitrogen and oxygen atoms in total. The first-order chi connectivity index (χ1) is 6.25. The highest BCUT2D eigenvalue weighted by atomic mass is 16.1. The van der Waals surface area contributed by atoms with E-state index in [0.717, 1.165) is 25.0 Å². The lowest BCUT2D eigenvalue weighted by Crippen LogP contribution is -2.20. The minimum atomic E-state index is 0.689. The Balaban J connectivity index is 2.46. The summed E-state index contributed by atoms with van der Waals surface area (Å²) in [6.45, 7) is 6.18. The Kier molecular flexibility index (Phi) is 4.20. The van der Waals surface area contributed by atoms with Crippen molar-refractivity contribution in [3.8, 4) is 0 Å². The average Bonchev–Trinajstić information content (AvgIpc) is 2.15. The first kappa shape index (κ1) is 10.5. The van der Waals surface area contributed by atoms with Gasteiger partial charge in [0.25, 0.3) is 0 Å². The maximum absolute atomic E-state index is 10.3. The summed E-state index contributed by atoms with van der Waals surface area (Å²) in [4.78, 5) is 10.3. The molecular formula is C12H20O. The van der Waals surface area contributed by atoms with Crippen LogP contribution in [-0.4, -0.2) is 6.29 Å². The lowest BCUT2D eigenvalue weighted by atomic mass is 9.74. The monoisotopic (exact) mass is 180 g/mol. The predicted octanol–water partition coefficient (Wildman–Crippen LogP) is 3.35. The minimum Gasteiger partial charge on any atom is -0.303 e. The number of aldehydes is 1. The summed E-state index contributed by atoms with van der Waals surface area (Å²) >= 11 is 0. The molecule has 0 saturated heterocycles. The van der Waals surface area contributed by atoms with E-state index >= 15 is 0 Å². The summed E-state index contributed by atoms with van der Waals surface area (Å²) in [6.07, 6.45) is 8.12. The largest absolute Gasteiger partial charge is 0.303 e. The van der Waals surface area contributed by atoms with Crippen LogP contribution in [0.5, 0.6) is 0 Å². The summed E-state index contributed by atoms with van der Waals surface area (Å²) in [5.41, 5.74) is 1.32. The highest BCUT2D eigenvalue weighted by Crippen LogP contribution is 2.36. The maximum atomic E-state index is 10.3. The molecule has 0 spiro atoms. The van der Waals surface area contributed by atoms with E-state index in [1.807, 2.05) is 0 Å². The summed E-state index contributed by atoms with van der Waals surface area (Å²) in [5.74, 6) is 1.42. The van der Waals surface area contributed by atoms with Crippen LogP contribution in [0.3, 0.4) is 0 Å². The molecule has 74 valence electrons. The zero-order valence-corrected chi connectivity index (χ0v) is 8.59. The molecule has 0 amide bonds. The van der Waals surface area contributed by atoms with Crippen molar-refractivity contribution in [1.82, 2.24) is 0 Å². The standard InChI is InChI=1S/C12H20O/c1-10(2)12-8-4-3-6-11(12)7-5-9-13/h9,11-12H,1,3-8H2,2H3/t11-,12-/m1/s1. The van der Waals surface area contributed by atoms with Crippen molar-refractivity contribution < 1.29 is 4.79 Å². The fraction of sp³-hybridized carbons (Fsp3) is 0.750. The molecule has 0 aromatic carbocycles. The van der Waals surface area contributed by atoms with Gasteiger partial charge in [0.1, 0.15) is 6.29 Å². The third-order valence-electron chi connectivity index (χ3n) is 3.20. The van der Waals surface area contributed by atoms with Gasteiger partial charge in [0.2, 0.25) is 0 Å². The molecule has 1 aliphatic carbocycles. The summed E-state index contributed by atoms with van der Waals surface area (Å²) in [7, 11) is 0. The van der Waals surface area contributed by atoms with Crippen LogP contribution in [-0.2, 0) is 4.79 Å². The highest BCUT2D eigenvalue weighted by molar-refractivity contribution is 5.49. The molecule has 1 rings (SSSR count). The van der Waals surface area contributed by atoms with Gasteiger partial charge in [-0.2, -0.15) is 0 Å². The second-order valence-electron chi connectivity index (χ2n) is 4.24. The molecule has 0 aromatic heterocycles. The third-order valence-corrected chi connectivity index (χ3v) is 3.20. The molecule has 1 fully saturated rings. The van der Waals surface area contributed by atoms with Gasteiger partial charge in [0, 0.05) is 6.42 Å². The van der Waals surface area contributed by atoms with Crippen LogP contribution in [0.4, 0.5) is 0 Å².